The van der Waals surface area contributed by atoms with Gasteiger partial charge < -0.3 is 15.0 Å². The van der Waals surface area contributed by atoms with Gasteiger partial charge in [-0.15, -0.1) is 0 Å². The molecule has 0 unspecified atom stereocenters. The topological polar surface area (TPSA) is 41.6 Å². The molecule has 0 radical (unpaired) electrons. The zero-order chi connectivity index (χ0) is 19.3. The van der Waals surface area contributed by atoms with Gasteiger partial charge in [-0.05, 0) is 44.4 Å². The molecule has 2 rings (SSSR count). The number of carbonyl (C=O) groups excluding carboxylic acids is 1. The second-order valence-electron chi connectivity index (χ2n) is 8.65. The Kier molecular flexibility index (Phi) is 6.96. The number of hydrogen-bond donors (Lipinski definition) is 1. The molecule has 1 aliphatic rings. The zero-order valence-electron chi connectivity index (χ0n) is 17.4. The fraction of sp³-hybridized carbons (Fsp3) is 0.682. The highest BCUT2D eigenvalue weighted by atomic mass is 16.5. The van der Waals surface area contributed by atoms with Gasteiger partial charge in [0.15, 0.2) is 0 Å². The molecule has 1 aromatic rings. The number of carbonyl (C=O) groups is 1. The molecule has 0 atom stereocenters. The van der Waals surface area contributed by atoms with Gasteiger partial charge in [-0.3, -0.25) is 4.79 Å². The van der Waals surface area contributed by atoms with Gasteiger partial charge in [0.1, 0.15) is 5.75 Å². The summed E-state index contributed by atoms with van der Waals surface area (Å²) in [6.45, 7) is 14.2. The van der Waals surface area contributed by atoms with Crippen LogP contribution in [-0.4, -0.2) is 25.1 Å². The van der Waals surface area contributed by atoms with E-state index in [0.29, 0.717) is 0 Å². The zero-order valence-corrected chi connectivity index (χ0v) is 17.4. The highest BCUT2D eigenvalue weighted by molar-refractivity contribution is 5.96. The number of nitrogens with one attached hydrogen (secondary N) is 1. The third-order valence-electron chi connectivity index (χ3n) is 4.75. The van der Waals surface area contributed by atoms with E-state index in [9.17, 15) is 4.79 Å². The van der Waals surface area contributed by atoms with Gasteiger partial charge in [-0.2, -0.15) is 0 Å². The Labute approximate surface area is 159 Å². The average molecular weight is 361 g/mol. The highest BCUT2D eigenvalue weighted by Gasteiger charge is 2.26. The lowest BCUT2D eigenvalue weighted by atomic mass is 9.95. The van der Waals surface area contributed by atoms with Gasteiger partial charge in [0, 0.05) is 24.2 Å². The average Bonchev–Trinajstić information content (AvgIpc) is 2.92. The summed E-state index contributed by atoms with van der Waals surface area (Å²) in [6.07, 6.45) is 6.19. The molecule has 4 nitrogen and oxygen atoms in total. The lowest BCUT2D eigenvalue weighted by Crippen LogP contribution is -2.28. The van der Waals surface area contributed by atoms with Crippen LogP contribution in [0.2, 0.25) is 0 Å². The molecule has 1 heterocycles. The quantitative estimate of drug-likeness (QED) is 0.631. The second kappa shape index (κ2) is 8.79. The third kappa shape index (κ3) is 5.39. The van der Waals surface area contributed by atoms with Crippen LogP contribution in [0.5, 0.6) is 5.75 Å². The molecular weight excluding hydrogens is 324 g/mol. The van der Waals surface area contributed by atoms with Crippen molar-refractivity contribution < 1.29 is 9.53 Å². The van der Waals surface area contributed by atoms with Crippen LogP contribution < -0.4 is 15.0 Å². The van der Waals surface area contributed by atoms with Gasteiger partial charge in [0.05, 0.1) is 11.8 Å². The lowest BCUT2D eigenvalue weighted by Gasteiger charge is -2.24. The van der Waals surface area contributed by atoms with E-state index in [1.54, 1.807) is 0 Å². The number of benzene rings is 1. The first-order valence-corrected chi connectivity index (χ1v) is 10.1. The molecule has 0 saturated heterocycles. The van der Waals surface area contributed by atoms with E-state index in [0.717, 1.165) is 30.9 Å². The summed E-state index contributed by atoms with van der Waals surface area (Å²) in [6, 6.07) is 4.24. The van der Waals surface area contributed by atoms with Crippen molar-refractivity contribution in [1.29, 1.82) is 0 Å². The van der Waals surface area contributed by atoms with E-state index in [-0.39, 0.29) is 12.0 Å². The van der Waals surface area contributed by atoms with E-state index >= 15 is 0 Å². The second-order valence-corrected chi connectivity index (χ2v) is 8.65. The molecule has 1 aliphatic heterocycles. The lowest BCUT2D eigenvalue weighted by molar-refractivity contribution is -0.123. The van der Waals surface area contributed by atoms with Crippen LogP contribution in [0, 0.1) is 5.41 Å². The highest BCUT2D eigenvalue weighted by Crippen LogP contribution is 2.38. The Morgan fingerprint density at radius 3 is 2.58 bits per heavy atom. The maximum atomic E-state index is 12.5. The Morgan fingerprint density at radius 1 is 1.23 bits per heavy atom. The smallest absolute Gasteiger partial charge is 0.229 e. The van der Waals surface area contributed by atoms with E-state index in [1.165, 1.54) is 36.9 Å². The largest absolute Gasteiger partial charge is 0.489 e. The Balaban J connectivity index is 2.23. The molecule has 4 heteroatoms. The van der Waals surface area contributed by atoms with E-state index < -0.39 is 5.41 Å². The first-order valence-electron chi connectivity index (χ1n) is 10.1. The number of anilines is 2. The van der Waals surface area contributed by atoms with Crippen LogP contribution in [0.25, 0.3) is 0 Å². The predicted molar refractivity (Wildman–Crippen MR) is 110 cm³/mol. The molecule has 0 spiro atoms. The van der Waals surface area contributed by atoms with Crippen LogP contribution in [0.4, 0.5) is 11.4 Å². The molecule has 0 saturated carbocycles. The Bertz CT molecular complexity index is 617. The summed E-state index contributed by atoms with van der Waals surface area (Å²) in [7, 11) is 0. The number of nitrogens with zero attached hydrogens (tertiary/aromatic N) is 1. The summed E-state index contributed by atoms with van der Waals surface area (Å²) >= 11 is 0. The van der Waals surface area contributed by atoms with E-state index in [2.05, 4.69) is 29.3 Å². The molecule has 0 aromatic heterocycles. The van der Waals surface area contributed by atoms with Gasteiger partial charge >= 0.3 is 0 Å². The van der Waals surface area contributed by atoms with Crippen LogP contribution in [0.3, 0.4) is 0 Å². The van der Waals surface area contributed by atoms with Crippen molar-refractivity contribution >= 4 is 17.3 Å². The van der Waals surface area contributed by atoms with Crippen LogP contribution >= 0.6 is 0 Å². The standard InChI is InChI=1S/C22H36N2O2/c1-7-8-9-10-12-24-13-11-17-14-20(26-16(2)3)18(15-19(17)24)23-21(25)22(4,5)6/h14-16H,7-13H2,1-6H3,(H,23,25). The van der Waals surface area contributed by atoms with Crippen molar-refractivity contribution in [3.63, 3.8) is 0 Å². The van der Waals surface area contributed by atoms with Crippen LogP contribution in [0.15, 0.2) is 12.1 Å². The predicted octanol–water partition coefficient (Wildman–Crippen LogP) is 5.40. The van der Waals surface area contributed by atoms with Crippen LogP contribution in [0.1, 0.15) is 72.8 Å². The summed E-state index contributed by atoms with van der Waals surface area (Å²) in [5, 5.41) is 3.09. The molecule has 0 bridgehead atoms. The van der Waals surface area contributed by atoms with Gasteiger partial charge in [0.25, 0.3) is 0 Å². The number of hydrogen-bond acceptors (Lipinski definition) is 3. The molecular formula is C22H36N2O2. The van der Waals surface area contributed by atoms with E-state index in [4.69, 9.17) is 4.74 Å². The minimum absolute atomic E-state index is 0.0125. The van der Waals surface area contributed by atoms with Gasteiger partial charge in [-0.25, -0.2) is 0 Å². The van der Waals surface area contributed by atoms with Crippen LogP contribution in [-0.2, 0) is 11.2 Å². The molecule has 1 N–H and O–H groups in total. The fourth-order valence-electron chi connectivity index (χ4n) is 3.20. The molecule has 146 valence electrons. The summed E-state index contributed by atoms with van der Waals surface area (Å²) in [4.78, 5) is 15.0. The molecule has 1 amide bonds. The van der Waals surface area contributed by atoms with Crippen molar-refractivity contribution in [3.05, 3.63) is 17.7 Å². The third-order valence-corrected chi connectivity index (χ3v) is 4.75. The fourth-order valence-corrected chi connectivity index (χ4v) is 3.20. The summed E-state index contributed by atoms with van der Waals surface area (Å²) < 4.78 is 6.00. The number of amides is 1. The van der Waals surface area contributed by atoms with Crippen molar-refractivity contribution in [1.82, 2.24) is 0 Å². The molecule has 0 aliphatic carbocycles. The Hall–Kier alpha value is -1.71. The first-order chi connectivity index (χ1) is 12.2. The maximum absolute atomic E-state index is 12.5. The molecule has 26 heavy (non-hydrogen) atoms. The monoisotopic (exact) mass is 360 g/mol. The maximum Gasteiger partial charge on any atom is 0.229 e. The molecule has 1 aromatic carbocycles. The Morgan fingerprint density at radius 2 is 1.96 bits per heavy atom. The molecule has 0 fully saturated rings. The minimum Gasteiger partial charge on any atom is -0.489 e. The van der Waals surface area contributed by atoms with Crippen molar-refractivity contribution in [3.8, 4) is 5.75 Å². The number of ether oxygens (including phenoxy) is 1. The number of unbranched alkanes of at least 4 members (excludes halogenated alkanes) is 3. The summed E-state index contributed by atoms with van der Waals surface area (Å²) in [5.74, 6) is 0.794. The first kappa shape index (κ1) is 20.6. The van der Waals surface area contributed by atoms with Crippen molar-refractivity contribution in [2.24, 2.45) is 5.41 Å². The normalized spacial score (nSPS) is 13.9. The number of rotatable bonds is 8. The SMILES string of the molecule is CCCCCCN1CCc2cc(OC(C)C)c(NC(=O)C(C)(C)C)cc21. The van der Waals surface area contributed by atoms with Crippen molar-refractivity contribution in [2.45, 2.75) is 79.8 Å². The minimum atomic E-state index is -0.437. The summed E-state index contributed by atoms with van der Waals surface area (Å²) in [5.41, 5.74) is 2.93. The number of fused-ring (bicyclic) bond motifs is 1. The van der Waals surface area contributed by atoms with Crippen molar-refractivity contribution in [2.75, 3.05) is 23.3 Å². The van der Waals surface area contributed by atoms with Gasteiger partial charge in [0.2, 0.25) is 5.91 Å². The van der Waals surface area contributed by atoms with Gasteiger partial charge in [-0.1, -0.05) is 47.0 Å². The van der Waals surface area contributed by atoms with E-state index in [1.807, 2.05) is 34.6 Å².